The standard InChI is InChI=1S/C15H22O2/c1-11-7-12(2)9-14(8-11)17-10-15(16)13-5-3-4-6-13/h7-9,13,15-16H,3-6,10H2,1-2H3. The summed E-state index contributed by atoms with van der Waals surface area (Å²) in [5, 5.41) is 10.0. The van der Waals surface area contributed by atoms with Crippen LogP contribution in [-0.4, -0.2) is 17.8 Å². The van der Waals surface area contributed by atoms with Gasteiger partial charge in [-0.15, -0.1) is 0 Å². The van der Waals surface area contributed by atoms with Crippen molar-refractivity contribution in [2.24, 2.45) is 5.92 Å². The predicted molar refractivity (Wildman–Crippen MR) is 69.4 cm³/mol. The molecule has 2 nitrogen and oxygen atoms in total. The second-order valence-corrected chi connectivity index (χ2v) is 5.25. The quantitative estimate of drug-likeness (QED) is 0.866. The van der Waals surface area contributed by atoms with Gasteiger partial charge in [0.2, 0.25) is 0 Å². The molecule has 1 aromatic carbocycles. The van der Waals surface area contributed by atoms with E-state index in [1.54, 1.807) is 0 Å². The van der Waals surface area contributed by atoms with Gasteiger partial charge in [-0.25, -0.2) is 0 Å². The van der Waals surface area contributed by atoms with E-state index in [0.717, 1.165) is 18.6 Å². The summed E-state index contributed by atoms with van der Waals surface area (Å²) in [6, 6.07) is 6.17. The number of benzene rings is 1. The fraction of sp³-hybridized carbons (Fsp3) is 0.600. The predicted octanol–water partition coefficient (Wildman–Crippen LogP) is 3.23. The van der Waals surface area contributed by atoms with Crippen LogP contribution in [-0.2, 0) is 0 Å². The summed E-state index contributed by atoms with van der Waals surface area (Å²) in [5.41, 5.74) is 2.41. The lowest BCUT2D eigenvalue weighted by Gasteiger charge is -2.18. The van der Waals surface area contributed by atoms with Crippen molar-refractivity contribution in [2.75, 3.05) is 6.61 Å². The van der Waals surface area contributed by atoms with E-state index >= 15 is 0 Å². The third kappa shape index (κ3) is 3.47. The summed E-state index contributed by atoms with van der Waals surface area (Å²) >= 11 is 0. The lowest BCUT2D eigenvalue weighted by atomic mass is 10.0. The van der Waals surface area contributed by atoms with Crippen molar-refractivity contribution in [3.63, 3.8) is 0 Å². The Bertz CT molecular complexity index is 347. The Labute approximate surface area is 104 Å². The smallest absolute Gasteiger partial charge is 0.119 e. The molecule has 0 radical (unpaired) electrons. The van der Waals surface area contributed by atoms with Crippen molar-refractivity contribution >= 4 is 0 Å². The molecule has 1 atom stereocenters. The number of aryl methyl sites for hydroxylation is 2. The summed E-state index contributed by atoms with van der Waals surface area (Å²) in [6.45, 7) is 4.55. The molecule has 17 heavy (non-hydrogen) atoms. The maximum absolute atomic E-state index is 10.0. The lowest BCUT2D eigenvalue weighted by Crippen LogP contribution is -2.25. The molecule has 1 unspecified atom stereocenters. The minimum atomic E-state index is -0.307. The van der Waals surface area contributed by atoms with Crippen LogP contribution in [0.5, 0.6) is 5.75 Å². The van der Waals surface area contributed by atoms with Crippen LogP contribution >= 0.6 is 0 Å². The largest absolute Gasteiger partial charge is 0.491 e. The fourth-order valence-corrected chi connectivity index (χ4v) is 2.68. The van der Waals surface area contributed by atoms with Gasteiger partial charge in [-0.05, 0) is 55.9 Å². The molecule has 0 aliphatic heterocycles. The van der Waals surface area contributed by atoms with E-state index in [-0.39, 0.29) is 6.10 Å². The molecule has 1 N–H and O–H groups in total. The summed E-state index contributed by atoms with van der Waals surface area (Å²) in [7, 11) is 0. The highest BCUT2D eigenvalue weighted by Gasteiger charge is 2.23. The second-order valence-electron chi connectivity index (χ2n) is 5.25. The van der Waals surface area contributed by atoms with Crippen molar-refractivity contribution in [3.05, 3.63) is 29.3 Å². The second kappa shape index (κ2) is 5.54. The van der Waals surface area contributed by atoms with Gasteiger partial charge in [-0.2, -0.15) is 0 Å². The zero-order chi connectivity index (χ0) is 12.3. The molecular weight excluding hydrogens is 212 g/mol. The van der Waals surface area contributed by atoms with Gasteiger partial charge in [-0.3, -0.25) is 0 Å². The molecule has 1 aromatic rings. The van der Waals surface area contributed by atoms with Crippen molar-refractivity contribution in [1.29, 1.82) is 0 Å². The SMILES string of the molecule is Cc1cc(C)cc(OCC(O)C2CCCC2)c1. The summed E-state index contributed by atoms with van der Waals surface area (Å²) in [4.78, 5) is 0. The molecule has 0 spiro atoms. The zero-order valence-corrected chi connectivity index (χ0v) is 10.8. The minimum absolute atomic E-state index is 0.307. The number of aliphatic hydroxyl groups is 1. The van der Waals surface area contributed by atoms with Crippen LogP contribution in [0, 0.1) is 19.8 Å². The van der Waals surface area contributed by atoms with Crippen LogP contribution in [0.25, 0.3) is 0 Å². The molecule has 1 saturated carbocycles. The Morgan fingerprint density at radius 1 is 1.18 bits per heavy atom. The Kier molecular flexibility index (Phi) is 4.06. The number of ether oxygens (including phenoxy) is 1. The van der Waals surface area contributed by atoms with Gasteiger partial charge in [-0.1, -0.05) is 18.9 Å². The Morgan fingerprint density at radius 3 is 2.35 bits per heavy atom. The average molecular weight is 234 g/mol. The van der Waals surface area contributed by atoms with Gasteiger partial charge in [0, 0.05) is 0 Å². The molecule has 94 valence electrons. The van der Waals surface area contributed by atoms with Gasteiger partial charge >= 0.3 is 0 Å². The average Bonchev–Trinajstić information content (AvgIpc) is 2.78. The molecule has 2 rings (SSSR count). The first-order valence-corrected chi connectivity index (χ1v) is 6.54. The van der Waals surface area contributed by atoms with Crippen LogP contribution in [0.2, 0.25) is 0 Å². The maximum atomic E-state index is 10.0. The number of rotatable bonds is 4. The Balaban J connectivity index is 1.88. The molecular formula is C15H22O2. The first-order chi connectivity index (χ1) is 8.15. The van der Waals surface area contributed by atoms with Crippen LogP contribution in [0.1, 0.15) is 36.8 Å². The summed E-state index contributed by atoms with van der Waals surface area (Å²) < 4.78 is 5.69. The van der Waals surface area contributed by atoms with Gasteiger partial charge in [0.05, 0.1) is 6.10 Å². The van der Waals surface area contributed by atoms with Crippen molar-refractivity contribution < 1.29 is 9.84 Å². The highest BCUT2D eigenvalue weighted by atomic mass is 16.5. The summed E-state index contributed by atoms with van der Waals surface area (Å²) in [5.74, 6) is 1.32. The first kappa shape index (κ1) is 12.4. The first-order valence-electron chi connectivity index (χ1n) is 6.54. The van der Waals surface area contributed by atoms with Crippen LogP contribution < -0.4 is 4.74 Å². The van der Waals surface area contributed by atoms with Crippen LogP contribution in [0.4, 0.5) is 0 Å². The molecule has 0 amide bonds. The van der Waals surface area contributed by atoms with E-state index in [2.05, 4.69) is 19.9 Å². The van der Waals surface area contributed by atoms with Crippen LogP contribution in [0.15, 0.2) is 18.2 Å². The van der Waals surface area contributed by atoms with E-state index < -0.39 is 0 Å². The Hall–Kier alpha value is -1.02. The molecule has 1 aliphatic rings. The maximum Gasteiger partial charge on any atom is 0.119 e. The normalized spacial score (nSPS) is 18.3. The van der Waals surface area contributed by atoms with Gasteiger partial charge in [0.15, 0.2) is 0 Å². The minimum Gasteiger partial charge on any atom is -0.491 e. The van der Waals surface area contributed by atoms with E-state index in [4.69, 9.17) is 4.74 Å². The van der Waals surface area contributed by atoms with E-state index in [1.807, 2.05) is 12.1 Å². The fourth-order valence-electron chi connectivity index (χ4n) is 2.68. The lowest BCUT2D eigenvalue weighted by molar-refractivity contribution is 0.0593. The van der Waals surface area contributed by atoms with E-state index in [9.17, 15) is 5.11 Å². The molecule has 2 heteroatoms. The van der Waals surface area contributed by atoms with Crippen molar-refractivity contribution in [3.8, 4) is 5.75 Å². The molecule has 0 heterocycles. The van der Waals surface area contributed by atoms with E-state index in [1.165, 1.54) is 24.0 Å². The van der Waals surface area contributed by atoms with E-state index in [0.29, 0.717) is 12.5 Å². The topological polar surface area (TPSA) is 29.5 Å². The third-order valence-corrected chi connectivity index (χ3v) is 3.56. The molecule has 0 bridgehead atoms. The highest BCUT2D eigenvalue weighted by Crippen LogP contribution is 2.28. The molecule has 1 aliphatic carbocycles. The zero-order valence-electron chi connectivity index (χ0n) is 10.8. The van der Waals surface area contributed by atoms with Gasteiger partial charge < -0.3 is 9.84 Å². The molecule has 1 fully saturated rings. The Morgan fingerprint density at radius 2 is 1.76 bits per heavy atom. The van der Waals surface area contributed by atoms with Crippen molar-refractivity contribution in [1.82, 2.24) is 0 Å². The molecule has 0 saturated heterocycles. The highest BCUT2D eigenvalue weighted by molar-refractivity contribution is 5.32. The van der Waals surface area contributed by atoms with Crippen molar-refractivity contribution in [2.45, 2.75) is 45.6 Å². The van der Waals surface area contributed by atoms with Crippen LogP contribution in [0.3, 0.4) is 0 Å². The van der Waals surface area contributed by atoms with Gasteiger partial charge in [0.1, 0.15) is 12.4 Å². The molecule has 0 aromatic heterocycles. The van der Waals surface area contributed by atoms with Gasteiger partial charge in [0.25, 0.3) is 0 Å². The monoisotopic (exact) mass is 234 g/mol. The number of aliphatic hydroxyl groups excluding tert-OH is 1. The number of hydrogen-bond donors (Lipinski definition) is 1. The third-order valence-electron chi connectivity index (χ3n) is 3.56. The summed E-state index contributed by atoms with van der Waals surface area (Å²) in [6.07, 6.45) is 4.50. The number of hydrogen-bond acceptors (Lipinski definition) is 2.